The summed E-state index contributed by atoms with van der Waals surface area (Å²) in [4.78, 5) is 21.6. The molecule has 0 amide bonds. The summed E-state index contributed by atoms with van der Waals surface area (Å²) < 4.78 is 0. The summed E-state index contributed by atoms with van der Waals surface area (Å²) in [7, 11) is 0. The highest BCUT2D eigenvalue weighted by Gasteiger charge is 2.10. The van der Waals surface area contributed by atoms with Crippen LogP contribution in [-0.4, -0.2) is 27.4 Å². The normalized spacial score (nSPS) is 11.2. The number of hydrogen-bond donors (Lipinski definition) is 0. The molecule has 0 aliphatic heterocycles. The van der Waals surface area contributed by atoms with Crippen LogP contribution in [0.1, 0.15) is 37.5 Å². The second-order valence-corrected chi connectivity index (χ2v) is 6.84. The first-order valence-corrected chi connectivity index (χ1v) is 9.18. The monoisotopic (exact) mass is 381 g/mol. The smallest absolute Gasteiger partial charge is 0.228 e. The standard InChI is InChI=1S/C24H23N5/c1-15(2)19-12-20(16(3)4)14-21(13-19)17(5)26-24-28-22(27-23(25-6)29-24)18-10-8-7-9-11-18/h7-14H,1,3,6H2,2,4-5H3. The van der Waals surface area contributed by atoms with E-state index in [1.807, 2.05) is 51.1 Å². The maximum Gasteiger partial charge on any atom is 0.255 e. The number of benzene rings is 2. The molecule has 0 aliphatic rings. The van der Waals surface area contributed by atoms with Gasteiger partial charge in [0.05, 0.1) is 0 Å². The fourth-order valence-corrected chi connectivity index (χ4v) is 2.73. The molecule has 3 rings (SSSR count). The van der Waals surface area contributed by atoms with Crippen molar-refractivity contribution in [2.24, 2.45) is 9.98 Å². The van der Waals surface area contributed by atoms with Crippen LogP contribution < -0.4 is 0 Å². The van der Waals surface area contributed by atoms with Gasteiger partial charge in [0.15, 0.2) is 5.82 Å². The fourth-order valence-electron chi connectivity index (χ4n) is 2.73. The number of rotatable bonds is 6. The Labute approximate surface area is 171 Å². The summed E-state index contributed by atoms with van der Waals surface area (Å²) in [5.41, 5.74) is 6.64. The zero-order valence-electron chi connectivity index (χ0n) is 17.0. The lowest BCUT2D eigenvalue weighted by molar-refractivity contribution is 1.04. The molecule has 0 saturated carbocycles. The third-order valence-corrected chi connectivity index (χ3v) is 4.39. The number of allylic oxidation sites excluding steroid dienone is 2. The van der Waals surface area contributed by atoms with Crippen molar-refractivity contribution in [3.63, 3.8) is 0 Å². The Hall–Kier alpha value is -3.73. The first-order chi connectivity index (χ1) is 13.9. The molecule has 0 fully saturated rings. The molecule has 5 heteroatoms. The maximum atomic E-state index is 4.63. The highest BCUT2D eigenvalue weighted by Crippen LogP contribution is 2.24. The Bertz CT molecular complexity index is 1100. The van der Waals surface area contributed by atoms with E-state index in [9.17, 15) is 0 Å². The molecule has 1 aromatic heterocycles. The van der Waals surface area contributed by atoms with Gasteiger partial charge in [-0.1, -0.05) is 54.6 Å². The van der Waals surface area contributed by atoms with Crippen LogP contribution in [0.25, 0.3) is 22.5 Å². The van der Waals surface area contributed by atoms with E-state index in [2.05, 4.69) is 63.0 Å². The fraction of sp³-hybridized carbons (Fsp3) is 0.125. The first-order valence-electron chi connectivity index (χ1n) is 9.18. The second-order valence-electron chi connectivity index (χ2n) is 6.84. The van der Waals surface area contributed by atoms with Crippen LogP contribution in [0, 0.1) is 0 Å². The van der Waals surface area contributed by atoms with Crippen LogP contribution in [0.5, 0.6) is 0 Å². The van der Waals surface area contributed by atoms with Crippen LogP contribution in [0.3, 0.4) is 0 Å². The van der Waals surface area contributed by atoms with Gasteiger partial charge >= 0.3 is 0 Å². The maximum absolute atomic E-state index is 4.63. The van der Waals surface area contributed by atoms with Crippen molar-refractivity contribution in [3.8, 4) is 11.4 Å². The van der Waals surface area contributed by atoms with E-state index >= 15 is 0 Å². The quantitative estimate of drug-likeness (QED) is 0.486. The second kappa shape index (κ2) is 8.52. The van der Waals surface area contributed by atoms with Gasteiger partial charge in [0.25, 0.3) is 11.9 Å². The van der Waals surface area contributed by atoms with E-state index in [1.54, 1.807) is 0 Å². The van der Waals surface area contributed by atoms with Gasteiger partial charge in [-0.25, -0.2) is 9.98 Å². The van der Waals surface area contributed by atoms with Crippen molar-refractivity contribution in [1.82, 2.24) is 15.0 Å². The Morgan fingerprint density at radius 3 is 1.86 bits per heavy atom. The molecule has 144 valence electrons. The summed E-state index contributed by atoms with van der Waals surface area (Å²) in [6.45, 7) is 17.5. The van der Waals surface area contributed by atoms with Crippen molar-refractivity contribution < 1.29 is 0 Å². The molecule has 5 nitrogen and oxygen atoms in total. The van der Waals surface area contributed by atoms with Crippen LogP contribution in [-0.2, 0) is 0 Å². The predicted octanol–water partition coefficient (Wildman–Crippen LogP) is 6.08. The molecule has 29 heavy (non-hydrogen) atoms. The zero-order chi connectivity index (χ0) is 21.0. The summed E-state index contributed by atoms with van der Waals surface area (Å²) in [5, 5.41) is 0. The summed E-state index contributed by atoms with van der Waals surface area (Å²) in [6.07, 6.45) is 0. The molecule has 0 radical (unpaired) electrons. The SMILES string of the molecule is C=Nc1nc(N=C(C)c2cc(C(=C)C)cc(C(=C)C)c2)nc(-c2ccccc2)n1. The van der Waals surface area contributed by atoms with Crippen LogP contribution in [0.4, 0.5) is 11.9 Å². The van der Waals surface area contributed by atoms with E-state index in [0.29, 0.717) is 5.82 Å². The van der Waals surface area contributed by atoms with E-state index in [4.69, 9.17) is 0 Å². The molecule has 0 aliphatic carbocycles. The summed E-state index contributed by atoms with van der Waals surface area (Å²) in [5.74, 6) is 1.04. The average Bonchev–Trinajstić information content (AvgIpc) is 2.73. The minimum Gasteiger partial charge on any atom is -0.228 e. The van der Waals surface area contributed by atoms with E-state index in [-0.39, 0.29) is 11.9 Å². The van der Waals surface area contributed by atoms with Crippen LogP contribution in [0.2, 0.25) is 0 Å². The molecular weight excluding hydrogens is 358 g/mol. The molecule has 0 bridgehead atoms. The van der Waals surface area contributed by atoms with Gasteiger partial charge in [-0.2, -0.15) is 15.0 Å². The van der Waals surface area contributed by atoms with Gasteiger partial charge in [-0.05, 0) is 62.4 Å². The zero-order valence-corrected chi connectivity index (χ0v) is 17.0. The number of nitrogens with zero attached hydrogens (tertiary/aromatic N) is 5. The molecule has 2 aromatic carbocycles. The third-order valence-electron chi connectivity index (χ3n) is 4.39. The average molecular weight is 381 g/mol. The minimum atomic E-state index is 0.240. The van der Waals surface area contributed by atoms with E-state index in [1.165, 1.54) is 0 Å². The third kappa shape index (κ3) is 4.76. The first kappa shape index (κ1) is 20.0. The molecule has 0 atom stereocenters. The molecule has 0 N–H and O–H groups in total. The lowest BCUT2D eigenvalue weighted by atomic mass is 9.97. The molecule has 0 unspecified atom stereocenters. The summed E-state index contributed by atoms with van der Waals surface area (Å²) in [6, 6.07) is 15.8. The molecule has 0 saturated heterocycles. The molecular formula is C24H23N5. The van der Waals surface area contributed by atoms with Gasteiger partial charge in [0.2, 0.25) is 0 Å². The Morgan fingerprint density at radius 2 is 1.31 bits per heavy atom. The van der Waals surface area contributed by atoms with Crippen molar-refractivity contribution in [1.29, 1.82) is 0 Å². The van der Waals surface area contributed by atoms with Crippen LogP contribution >= 0.6 is 0 Å². The lowest BCUT2D eigenvalue weighted by Crippen LogP contribution is -1.99. The Kier molecular flexibility index (Phi) is 5.88. The van der Waals surface area contributed by atoms with Crippen molar-refractivity contribution in [2.75, 3.05) is 0 Å². The van der Waals surface area contributed by atoms with E-state index < -0.39 is 0 Å². The Morgan fingerprint density at radius 1 is 0.759 bits per heavy atom. The lowest BCUT2D eigenvalue weighted by Gasteiger charge is -2.10. The number of aliphatic imine (C=N–C) groups is 2. The molecule has 1 heterocycles. The largest absolute Gasteiger partial charge is 0.255 e. The number of aromatic nitrogens is 3. The minimum absolute atomic E-state index is 0.240. The predicted molar refractivity (Wildman–Crippen MR) is 122 cm³/mol. The highest BCUT2D eigenvalue weighted by molar-refractivity contribution is 6.01. The molecule has 0 spiro atoms. The van der Waals surface area contributed by atoms with Crippen molar-refractivity contribution in [3.05, 3.63) is 78.4 Å². The van der Waals surface area contributed by atoms with Gasteiger partial charge in [-0.3, -0.25) is 0 Å². The topological polar surface area (TPSA) is 63.4 Å². The van der Waals surface area contributed by atoms with Gasteiger partial charge in [0, 0.05) is 11.3 Å². The Balaban J connectivity index is 2.09. The number of hydrogen-bond acceptors (Lipinski definition) is 5. The van der Waals surface area contributed by atoms with Gasteiger partial charge < -0.3 is 0 Å². The van der Waals surface area contributed by atoms with Gasteiger partial charge in [0.1, 0.15) is 0 Å². The highest BCUT2D eigenvalue weighted by atomic mass is 15.2. The van der Waals surface area contributed by atoms with Crippen molar-refractivity contribution >= 4 is 35.5 Å². The van der Waals surface area contributed by atoms with E-state index in [0.717, 1.165) is 39.1 Å². The molecule has 3 aromatic rings. The van der Waals surface area contributed by atoms with Crippen molar-refractivity contribution in [2.45, 2.75) is 20.8 Å². The van der Waals surface area contributed by atoms with Crippen LogP contribution in [0.15, 0.2) is 71.7 Å². The van der Waals surface area contributed by atoms with Gasteiger partial charge in [-0.15, -0.1) is 0 Å². The summed E-state index contributed by atoms with van der Waals surface area (Å²) >= 11 is 0.